The first-order chi connectivity index (χ1) is 9.94. The third-order valence-corrected chi connectivity index (χ3v) is 3.55. The number of nitriles is 3. The van der Waals surface area contributed by atoms with E-state index in [-0.39, 0.29) is 16.8 Å². The lowest BCUT2D eigenvalue weighted by atomic mass is 10.00. The molecular formula is C16H13BrN4. The first kappa shape index (κ1) is 16.5. The minimum absolute atomic E-state index is 0.0947. The molecule has 1 aromatic carbocycles. The van der Waals surface area contributed by atoms with Crippen LogP contribution in [0.5, 0.6) is 0 Å². The van der Waals surface area contributed by atoms with E-state index < -0.39 is 0 Å². The standard InChI is InChI=1S/C16H13BrN4/c1-10(2)14-4-3-11(6-15(14)17)5-12(7-18)16(21)13(8-19)9-20/h3-6,10H,21H2,1-2H3. The van der Waals surface area contributed by atoms with Gasteiger partial charge in [0.25, 0.3) is 0 Å². The van der Waals surface area contributed by atoms with Crippen molar-refractivity contribution in [2.45, 2.75) is 19.8 Å². The molecule has 0 radical (unpaired) electrons. The Labute approximate surface area is 132 Å². The predicted octanol–water partition coefficient (Wildman–Crippen LogP) is 3.74. The van der Waals surface area contributed by atoms with Gasteiger partial charge in [0.05, 0.1) is 11.3 Å². The summed E-state index contributed by atoms with van der Waals surface area (Å²) in [6.07, 6.45) is 1.55. The summed E-state index contributed by atoms with van der Waals surface area (Å²) < 4.78 is 0.937. The zero-order valence-corrected chi connectivity index (χ0v) is 13.3. The van der Waals surface area contributed by atoms with Gasteiger partial charge < -0.3 is 5.73 Å². The van der Waals surface area contributed by atoms with Crippen LogP contribution in [0, 0.1) is 34.0 Å². The molecule has 0 saturated carbocycles. The van der Waals surface area contributed by atoms with Crippen molar-refractivity contribution in [2.24, 2.45) is 5.73 Å². The fourth-order valence-electron chi connectivity index (χ4n) is 1.72. The molecule has 0 unspecified atom stereocenters. The van der Waals surface area contributed by atoms with Crippen molar-refractivity contribution in [3.63, 3.8) is 0 Å². The van der Waals surface area contributed by atoms with Gasteiger partial charge in [0.2, 0.25) is 0 Å². The minimum Gasteiger partial charge on any atom is -0.396 e. The summed E-state index contributed by atoms with van der Waals surface area (Å²) in [7, 11) is 0. The van der Waals surface area contributed by atoms with Gasteiger partial charge in [-0.25, -0.2) is 0 Å². The van der Waals surface area contributed by atoms with Crippen LogP contribution >= 0.6 is 15.9 Å². The molecule has 2 N–H and O–H groups in total. The van der Waals surface area contributed by atoms with Crippen LogP contribution in [0.15, 0.2) is 39.5 Å². The van der Waals surface area contributed by atoms with Crippen LogP contribution < -0.4 is 5.73 Å². The van der Waals surface area contributed by atoms with Gasteiger partial charge in [0.1, 0.15) is 18.2 Å². The largest absolute Gasteiger partial charge is 0.396 e. The number of hydrogen-bond donors (Lipinski definition) is 1. The Morgan fingerprint density at radius 1 is 1.19 bits per heavy atom. The third kappa shape index (κ3) is 3.96. The SMILES string of the molecule is CC(C)c1ccc(C=C(C#N)C(N)=C(C#N)C#N)cc1Br. The fraction of sp³-hybridized carbons (Fsp3) is 0.188. The van der Waals surface area contributed by atoms with E-state index in [0.717, 1.165) is 15.6 Å². The second-order valence-corrected chi connectivity index (χ2v) is 5.47. The number of benzene rings is 1. The maximum Gasteiger partial charge on any atom is 0.153 e. The summed E-state index contributed by atoms with van der Waals surface area (Å²) >= 11 is 3.49. The van der Waals surface area contributed by atoms with E-state index >= 15 is 0 Å². The molecule has 0 bridgehead atoms. The van der Waals surface area contributed by atoms with Crippen molar-refractivity contribution in [3.8, 4) is 18.2 Å². The molecule has 5 heteroatoms. The van der Waals surface area contributed by atoms with Gasteiger partial charge in [0, 0.05) is 4.47 Å². The number of nitrogens with two attached hydrogens (primary N) is 1. The molecule has 0 aliphatic rings. The number of hydrogen-bond acceptors (Lipinski definition) is 4. The summed E-state index contributed by atoms with van der Waals surface area (Å²) in [6.45, 7) is 4.17. The molecule has 1 aromatic rings. The Bertz CT molecular complexity index is 721. The molecule has 0 aliphatic carbocycles. The first-order valence-corrected chi connectivity index (χ1v) is 6.95. The molecule has 0 atom stereocenters. The number of nitrogens with zero attached hydrogens (tertiary/aromatic N) is 3. The number of halogens is 1. The van der Waals surface area contributed by atoms with Crippen LogP contribution in [0.3, 0.4) is 0 Å². The highest BCUT2D eigenvalue weighted by atomic mass is 79.9. The molecule has 0 fully saturated rings. The summed E-state index contributed by atoms with van der Waals surface area (Å²) in [4.78, 5) is 0. The van der Waals surface area contributed by atoms with Gasteiger partial charge in [0.15, 0.2) is 5.57 Å². The zero-order valence-electron chi connectivity index (χ0n) is 11.7. The molecular weight excluding hydrogens is 328 g/mol. The molecule has 0 spiro atoms. The highest BCUT2D eigenvalue weighted by molar-refractivity contribution is 9.10. The van der Waals surface area contributed by atoms with Crippen LogP contribution in [0.4, 0.5) is 0 Å². The Morgan fingerprint density at radius 3 is 2.24 bits per heavy atom. The van der Waals surface area contributed by atoms with E-state index in [1.807, 2.05) is 24.3 Å². The monoisotopic (exact) mass is 340 g/mol. The highest BCUT2D eigenvalue weighted by Gasteiger charge is 2.09. The normalized spacial score (nSPS) is 10.4. The molecule has 21 heavy (non-hydrogen) atoms. The van der Waals surface area contributed by atoms with E-state index in [2.05, 4.69) is 29.8 Å². The zero-order chi connectivity index (χ0) is 16.0. The van der Waals surface area contributed by atoms with Crippen molar-refractivity contribution in [1.29, 1.82) is 15.8 Å². The fourth-order valence-corrected chi connectivity index (χ4v) is 2.57. The second kappa shape index (κ2) is 7.29. The van der Waals surface area contributed by atoms with Crippen LogP contribution in [-0.2, 0) is 0 Å². The average molecular weight is 341 g/mol. The van der Waals surface area contributed by atoms with E-state index in [1.165, 1.54) is 0 Å². The van der Waals surface area contributed by atoms with Gasteiger partial charge in [-0.1, -0.05) is 41.9 Å². The maximum atomic E-state index is 9.15. The van der Waals surface area contributed by atoms with E-state index in [1.54, 1.807) is 18.2 Å². The summed E-state index contributed by atoms with van der Waals surface area (Å²) in [5.41, 5.74) is 7.34. The Kier molecular flexibility index (Phi) is 5.73. The van der Waals surface area contributed by atoms with E-state index in [0.29, 0.717) is 5.92 Å². The topological polar surface area (TPSA) is 97.4 Å². The quantitative estimate of drug-likeness (QED) is 0.669. The van der Waals surface area contributed by atoms with Crippen molar-refractivity contribution in [1.82, 2.24) is 0 Å². The Morgan fingerprint density at radius 2 is 1.81 bits per heavy atom. The van der Waals surface area contributed by atoms with Crippen LogP contribution in [0.1, 0.15) is 30.9 Å². The van der Waals surface area contributed by atoms with Gasteiger partial charge in [-0.15, -0.1) is 0 Å². The second-order valence-electron chi connectivity index (χ2n) is 4.62. The van der Waals surface area contributed by atoms with Crippen LogP contribution in [0.25, 0.3) is 6.08 Å². The van der Waals surface area contributed by atoms with E-state index in [9.17, 15) is 0 Å². The van der Waals surface area contributed by atoms with Crippen molar-refractivity contribution in [3.05, 3.63) is 50.6 Å². The highest BCUT2D eigenvalue weighted by Crippen LogP contribution is 2.26. The summed E-state index contributed by atoms with van der Waals surface area (Å²) in [5.74, 6) is 0.376. The molecule has 4 nitrogen and oxygen atoms in total. The van der Waals surface area contributed by atoms with Gasteiger partial charge in [-0.2, -0.15) is 15.8 Å². The van der Waals surface area contributed by atoms with Crippen molar-refractivity contribution >= 4 is 22.0 Å². The molecule has 0 amide bonds. The van der Waals surface area contributed by atoms with Gasteiger partial charge in [-0.3, -0.25) is 0 Å². The van der Waals surface area contributed by atoms with Gasteiger partial charge in [-0.05, 0) is 29.2 Å². The molecule has 0 aromatic heterocycles. The lowest BCUT2D eigenvalue weighted by Crippen LogP contribution is -2.03. The number of rotatable bonds is 3. The maximum absolute atomic E-state index is 9.15. The average Bonchev–Trinajstić information content (AvgIpc) is 2.45. The Balaban J connectivity index is 3.33. The van der Waals surface area contributed by atoms with Crippen LogP contribution in [-0.4, -0.2) is 0 Å². The lowest BCUT2D eigenvalue weighted by Gasteiger charge is -2.09. The van der Waals surface area contributed by atoms with Crippen molar-refractivity contribution in [2.75, 3.05) is 0 Å². The molecule has 0 aliphatic heterocycles. The first-order valence-electron chi connectivity index (χ1n) is 6.16. The smallest absolute Gasteiger partial charge is 0.153 e. The van der Waals surface area contributed by atoms with Crippen LogP contribution in [0.2, 0.25) is 0 Å². The minimum atomic E-state index is -0.263. The summed E-state index contributed by atoms with van der Waals surface area (Å²) in [5, 5.41) is 26.7. The predicted molar refractivity (Wildman–Crippen MR) is 84.3 cm³/mol. The molecule has 0 heterocycles. The molecule has 1 rings (SSSR count). The lowest BCUT2D eigenvalue weighted by molar-refractivity contribution is 0.861. The summed E-state index contributed by atoms with van der Waals surface area (Å²) in [6, 6.07) is 11.0. The Hall–Kier alpha value is -2.55. The molecule has 0 saturated heterocycles. The number of allylic oxidation sites excluding steroid dienone is 2. The van der Waals surface area contributed by atoms with Gasteiger partial charge >= 0.3 is 0 Å². The molecule has 104 valence electrons. The third-order valence-electron chi connectivity index (χ3n) is 2.86. The van der Waals surface area contributed by atoms with Crippen molar-refractivity contribution < 1.29 is 0 Å². The van der Waals surface area contributed by atoms with E-state index in [4.69, 9.17) is 21.5 Å².